The van der Waals surface area contributed by atoms with Gasteiger partial charge in [0.05, 0.1) is 17.7 Å². The first-order valence-electron chi connectivity index (χ1n) is 6.59. The highest BCUT2D eigenvalue weighted by atomic mass is 35.5. The lowest BCUT2D eigenvalue weighted by molar-refractivity contribution is -0.118. The summed E-state index contributed by atoms with van der Waals surface area (Å²) >= 11 is 5.83. The Morgan fingerprint density at radius 1 is 1.13 bits per heavy atom. The topological polar surface area (TPSA) is 84.9 Å². The second-order valence-electron chi connectivity index (χ2n) is 4.51. The lowest BCUT2D eigenvalue weighted by atomic mass is 10.2. The van der Waals surface area contributed by atoms with Gasteiger partial charge in [0.25, 0.3) is 5.91 Å². The third-order valence-corrected chi connectivity index (χ3v) is 3.23. The monoisotopic (exact) mass is 335 g/mol. The number of anilines is 1. The van der Waals surface area contributed by atoms with Crippen LogP contribution in [0.4, 0.5) is 5.69 Å². The second kappa shape index (κ2) is 7.51. The van der Waals surface area contributed by atoms with Gasteiger partial charge >= 0.3 is 5.97 Å². The Bertz CT molecular complexity index is 715. The van der Waals surface area contributed by atoms with Crippen LogP contribution in [0, 0.1) is 0 Å². The number of carboxylic acids is 1. The maximum Gasteiger partial charge on any atom is 0.337 e. The molecule has 0 aliphatic rings. The molecule has 0 radical (unpaired) electrons. The van der Waals surface area contributed by atoms with E-state index in [1.54, 1.807) is 31.4 Å². The SMILES string of the molecule is COc1ccc(OCC(=O)Nc2ccc(C(=O)O)c(Cl)c2)cc1. The van der Waals surface area contributed by atoms with Crippen LogP contribution in [-0.4, -0.2) is 30.7 Å². The molecule has 2 N–H and O–H groups in total. The predicted octanol–water partition coefficient (Wildman–Crippen LogP) is 3.06. The van der Waals surface area contributed by atoms with E-state index in [1.165, 1.54) is 18.2 Å². The van der Waals surface area contributed by atoms with Gasteiger partial charge in [-0.15, -0.1) is 0 Å². The Kier molecular flexibility index (Phi) is 5.43. The number of halogens is 1. The molecule has 0 unspecified atom stereocenters. The number of methoxy groups -OCH3 is 1. The molecule has 2 rings (SSSR count). The summed E-state index contributed by atoms with van der Waals surface area (Å²) in [6.07, 6.45) is 0. The van der Waals surface area contributed by atoms with Crippen LogP contribution in [0.25, 0.3) is 0 Å². The second-order valence-corrected chi connectivity index (χ2v) is 4.92. The first kappa shape index (κ1) is 16.6. The Morgan fingerprint density at radius 3 is 2.35 bits per heavy atom. The van der Waals surface area contributed by atoms with E-state index in [-0.39, 0.29) is 23.1 Å². The van der Waals surface area contributed by atoms with E-state index < -0.39 is 5.97 Å². The normalized spacial score (nSPS) is 10.0. The number of carboxylic acid groups (broad SMARTS) is 1. The summed E-state index contributed by atoms with van der Waals surface area (Å²) in [4.78, 5) is 22.7. The molecule has 0 bridgehead atoms. The molecule has 23 heavy (non-hydrogen) atoms. The maximum atomic E-state index is 11.8. The van der Waals surface area contributed by atoms with Crippen LogP contribution in [0.3, 0.4) is 0 Å². The quantitative estimate of drug-likeness (QED) is 0.847. The van der Waals surface area contributed by atoms with Gasteiger partial charge in [-0.25, -0.2) is 4.79 Å². The van der Waals surface area contributed by atoms with Gasteiger partial charge in [-0.05, 0) is 42.5 Å². The minimum absolute atomic E-state index is 0.0286. The minimum atomic E-state index is -1.13. The zero-order valence-corrected chi connectivity index (χ0v) is 13.0. The number of ether oxygens (including phenoxy) is 2. The smallest absolute Gasteiger partial charge is 0.337 e. The number of benzene rings is 2. The van der Waals surface area contributed by atoms with Crippen LogP contribution >= 0.6 is 11.6 Å². The van der Waals surface area contributed by atoms with Gasteiger partial charge in [-0.3, -0.25) is 4.79 Å². The van der Waals surface area contributed by atoms with Crippen molar-refractivity contribution in [1.29, 1.82) is 0 Å². The number of nitrogens with one attached hydrogen (secondary N) is 1. The highest BCUT2D eigenvalue weighted by Gasteiger charge is 2.10. The zero-order chi connectivity index (χ0) is 16.8. The summed E-state index contributed by atoms with van der Waals surface area (Å²) in [7, 11) is 1.56. The Balaban J connectivity index is 1.91. The van der Waals surface area contributed by atoms with Crippen molar-refractivity contribution >= 4 is 29.2 Å². The molecule has 6 nitrogen and oxygen atoms in total. The summed E-state index contributed by atoms with van der Waals surface area (Å²) in [5.74, 6) is -0.300. The molecule has 0 aliphatic carbocycles. The van der Waals surface area contributed by atoms with Gasteiger partial charge in [-0.1, -0.05) is 11.6 Å². The minimum Gasteiger partial charge on any atom is -0.497 e. The summed E-state index contributed by atoms with van der Waals surface area (Å²) in [6, 6.07) is 11.0. The van der Waals surface area contributed by atoms with Gasteiger partial charge in [0, 0.05) is 5.69 Å². The van der Waals surface area contributed by atoms with Crippen LogP contribution < -0.4 is 14.8 Å². The van der Waals surface area contributed by atoms with E-state index >= 15 is 0 Å². The largest absolute Gasteiger partial charge is 0.497 e. The van der Waals surface area contributed by atoms with Crippen molar-refractivity contribution < 1.29 is 24.2 Å². The van der Waals surface area contributed by atoms with Crippen LogP contribution in [0.2, 0.25) is 5.02 Å². The first-order chi connectivity index (χ1) is 11.0. The fourth-order valence-electron chi connectivity index (χ4n) is 1.78. The standard InChI is InChI=1S/C16H14ClNO5/c1-22-11-3-5-12(6-4-11)23-9-15(19)18-10-2-7-13(16(20)21)14(17)8-10/h2-8H,9H2,1H3,(H,18,19)(H,20,21). The molecule has 120 valence electrons. The number of hydrogen-bond acceptors (Lipinski definition) is 4. The molecule has 1 amide bonds. The molecule has 0 spiro atoms. The zero-order valence-electron chi connectivity index (χ0n) is 12.2. The fourth-order valence-corrected chi connectivity index (χ4v) is 2.05. The number of rotatable bonds is 6. The van der Waals surface area contributed by atoms with Gasteiger partial charge in [0.2, 0.25) is 0 Å². The molecule has 2 aromatic rings. The van der Waals surface area contributed by atoms with E-state index in [1.807, 2.05) is 0 Å². The maximum absolute atomic E-state index is 11.8. The molecule has 2 aromatic carbocycles. The number of amides is 1. The van der Waals surface area contributed by atoms with Crippen molar-refractivity contribution in [1.82, 2.24) is 0 Å². The van der Waals surface area contributed by atoms with Crippen LogP contribution in [0.15, 0.2) is 42.5 Å². The molecular weight excluding hydrogens is 322 g/mol. The van der Waals surface area contributed by atoms with Crippen molar-refractivity contribution in [2.45, 2.75) is 0 Å². The average molecular weight is 336 g/mol. The van der Waals surface area contributed by atoms with Crippen molar-refractivity contribution in [2.75, 3.05) is 19.0 Å². The van der Waals surface area contributed by atoms with Crippen LogP contribution in [0.5, 0.6) is 11.5 Å². The van der Waals surface area contributed by atoms with E-state index in [2.05, 4.69) is 5.32 Å². The van der Waals surface area contributed by atoms with Gasteiger partial charge in [0.1, 0.15) is 11.5 Å². The molecule has 0 atom stereocenters. The van der Waals surface area contributed by atoms with Crippen molar-refractivity contribution in [3.8, 4) is 11.5 Å². The highest BCUT2D eigenvalue weighted by Crippen LogP contribution is 2.21. The third-order valence-electron chi connectivity index (χ3n) is 2.91. The molecule has 7 heteroatoms. The highest BCUT2D eigenvalue weighted by molar-refractivity contribution is 6.33. The van der Waals surface area contributed by atoms with E-state index in [9.17, 15) is 9.59 Å². The van der Waals surface area contributed by atoms with Gasteiger partial charge in [-0.2, -0.15) is 0 Å². The van der Waals surface area contributed by atoms with E-state index in [0.717, 1.165) is 0 Å². The van der Waals surface area contributed by atoms with Gasteiger partial charge < -0.3 is 19.9 Å². The number of carbonyl (C=O) groups excluding carboxylic acids is 1. The first-order valence-corrected chi connectivity index (χ1v) is 6.97. The molecule has 0 saturated heterocycles. The van der Waals surface area contributed by atoms with Gasteiger partial charge in [0.15, 0.2) is 6.61 Å². The summed E-state index contributed by atoms with van der Waals surface area (Å²) in [5, 5.41) is 11.5. The molecule has 0 aliphatic heterocycles. The lowest BCUT2D eigenvalue weighted by Crippen LogP contribution is -2.20. The molecule has 0 saturated carbocycles. The molecule has 0 heterocycles. The predicted molar refractivity (Wildman–Crippen MR) is 85.5 cm³/mol. The summed E-state index contributed by atoms with van der Waals surface area (Å²) in [5.41, 5.74) is 0.363. The lowest BCUT2D eigenvalue weighted by Gasteiger charge is -2.09. The third kappa shape index (κ3) is 4.62. The Hall–Kier alpha value is -2.73. The van der Waals surface area contributed by atoms with Crippen molar-refractivity contribution in [2.24, 2.45) is 0 Å². The molecule has 0 aromatic heterocycles. The number of aromatic carboxylic acids is 1. The fraction of sp³-hybridized carbons (Fsp3) is 0.125. The molecular formula is C16H14ClNO5. The summed E-state index contributed by atoms with van der Waals surface area (Å²) in [6.45, 7) is -0.190. The molecule has 0 fully saturated rings. The van der Waals surface area contributed by atoms with Crippen molar-refractivity contribution in [3.05, 3.63) is 53.1 Å². The van der Waals surface area contributed by atoms with Crippen LogP contribution in [0.1, 0.15) is 10.4 Å². The number of hydrogen-bond donors (Lipinski definition) is 2. The van der Waals surface area contributed by atoms with Crippen molar-refractivity contribution in [3.63, 3.8) is 0 Å². The average Bonchev–Trinajstić information content (AvgIpc) is 2.53. The summed E-state index contributed by atoms with van der Waals surface area (Å²) < 4.78 is 10.4. The number of carbonyl (C=O) groups is 2. The van der Waals surface area contributed by atoms with E-state index in [0.29, 0.717) is 17.2 Å². The van der Waals surface area contributed by atoms with Crippen LogP contribution in [-0.2, 0) is 4.79 Å². The van der Waals surface area contributed by atoms with E-state index in [4.69, 9.17) is 26.2 Å². The Labute approximate surface area is 137 Å². The Morgan fingerprint density at radius 2 is 1.78 bits per heavy atom.